The van der Waals surface area contributed by atoms with E-state index in [-0.39, 0.29) is 11.6 Å². The van der Waals surface area contributed by atoms with Crippen molar-refractivity contribution in [2.45, 2.75) is 32.6 Å². The van der Waals surface area contributed by atoms with Crippen LogP contribution < -0.4 is 20.9 Å². The molecule has 1 fully saturated rings. The fourth-order valence-corrected chi connectivity index (χ4v) is 3.70. The van der Waals surface area contributed by atoms with Gasteiger partial charge in [-0.05, 0) is 62.9 Å². The Morgan fingerprint density at radius 1 is 1.03 bits per heavy atom. The van der Waals surface area contributed by atoms with Crippen LogP contribution in [0.25, 0.3) is 0 Å². The van der Waals surface area contributed by atoms with E-state index < -0.39 is 17.7 Å². The first kappa shape index (κ1) is 24.4. The maximum Gasteiger partial charge on any atom is 0.323 e. The molecular weight excluding hydrogens is 430 g/mol. The number of carbonyl (C=O) groups excluding carboxylic acids is 2. The number of halogens is 2. The second-order valence-corrected chi connectivity index (χ2v) is 7.79. The minimum atomic E-state index is -0.877. The Hall–Kier alpha value is -3.20. The fraction of sp³-hybridized carbons (Fsp3) is 0.417. The van der Waals surface area contributed by atoms with Crippen LogP contribution in [0.1, 0.15) is 43.0 Å². The van der Waals surface area contributed by atoms with Gasteiger partial charge in [0, 0.05) is 50.3 Å². The number of ether oxygens (including phenoxy) is 1. The van der Waals surface area contributed by atoms with Gasteiger partial charge >= 0.3 is 6.03 Å². The van der Waals surface area contributed by atoms with Gasteiger partial charge in [-0.2, -0.15) is 0 Å². The van der Waals surface area contributed by atoms with E-state index in [4.69, 9.17) is 4.74 Å². The molecule has 0 saturated carbocycles. The highest BCUT2D eigenvalue weighted by Crippen LogP contribution is 2.27. The molecule has 2 aromatic rings. The van der Waals surface area contributed by atoms with Gasteiger partial charge in [0.05, 0.1) is 11.3 Å². The van der Waals surface area contributed by atoms with Crippen molar-refractivity contribution in [2.75, 3.05) is 48.4 Å². The van der Waals surface area contributed by atoms with Crippen LogP contribution in [-0.2, 0) is 4.74 Å². The molecule has 0 atom stereocenters. The number of rotatable bonds is 9. The van der Waals surface area contributed by atoms with Crippen molar-refractivity contribution in [1.82, 2.24) is 5.32 Å². The van der Waals surface area contributed by atoms with Crippen molar-refractivity contribution in [1.29, 1.82) is 0 Å². The summed E-state index contributed by atoms with van der Waals surface area (Å²) in [6, 6.07) is 7.32. The average Bonchev–Trinajstić information content (AvgIpc) is 2.81. The molecule has 2 aromatic carbocycles. The van der Waals surface area contributed by atoms with Crippen molar-refractivity contribution in [2.24, 2.45) is 0 Å². The topological polar surface area (TPSA) is 82.7 Å². The van der Waals surface area contributed by atoms with Gasteiger partial charge in [0.2, 0.25) is 0 Å². The molecule has 1 aliphatic heterocycles. The zero-order valence-corrected chi connectivity index (χ0v) is 18.8. The number of amides is 3. The number of nitrogens with one attached hydrogen (secondary N) is 3. The summed E-state index contributed by atoms with van der Waals surface area (Å²) in [5.74, 6) is -1.85. The van der Waals surface area contributed by atoms with Crippen LogP contribution in [0.4, 0.5) is 30.6 Å². The maximum absolute atomic E-state index is 13.8. The lowest BCUT2D eigenvalue weighted by Gasteiger charge is -2.30. The number of nitrogens with zero attached hydrogens (tertiary/aromatic N) is 1. The second-order valence-electron chi connectivity index (χ2n) is 7.79. The smallest absolute Gasteiger partial charge is 0.323 e. The van der Waals surface area contributed by atoms with Crippen LogP contribution in [0.15, 0.2) is 36.4 Å². The van der Waals surface area contributed by atoms with Gasteiger partial charge < -0.3 is 25.6 Å². The number of piperidine rings is 1. The van der Waals surface area contributed by atoms with Crippen LogP contribution in [0, 0.1) is 11.6 Å². The molecular formula is C24H30F2N4O3. The third-order valence-corrected chi connectivity index (χ3v) is 5.33. The van der Waals surface area contributed by atoms with Crippen molar-refractivity contribution in [3.05, 3.63) is 53.6 Å². The number of hydrogen-bond donors (Lipinski definition) is 3. The van der Waals surface area contributed by atoms with Gasteiger partial charge in [-0.1, -0.05) is 0 Å². The van der Waals surface area contributed by atoms with Crippen molar-refractivity contribution >= 4 is 29.0 Å². The lowest BCUT2D eigenvalue weighted by Crippen LogP contribution is -2.33. The van der Waals surface area contributed by atoms with E-state index in [0.29, 0.717) is 43.5 Å². The monoisotopic (exact) mass is 460 g/mol. The molecule has 1 saturated heterocycles. The van der Waals surface area contributed by atoms with E-state index in [1.807, 2.05) is 13.0 Å². The normalized spacial score (nSPS) is 13.5. The maximum atomic E-state index is 13.8. The van der Waals surface area contributed by atoms with Gasteiger partial charge in [0.25, 0.3) is 5.91 Å². The number of benzene rings is 2. The third-order valence-electron chi connectivity index (χ3n) is 5.33. The minimum absolute atomic E-state index is 0.147. The van der Waals surface area contributed by atoms with Gasteiger partial charge in [0.1, 0.15) is 11.6 Å². The highest BCUT2D eigenvalue weighted by molar-refractivity contribution is 6.04. The van der Waals surface area contributed by atoms with Crippen LogP contribution in [0.5, 0.6) is 0 Å². The molecule has 0 unspecified atom stereocenters. The van der Waals surface area contributed by atoms with Crippen LogP contribution in [0.3, 0.4) is 0 Å². The average molecular weight is 461 g/mol. The molecule has 0 aromatic heterocycles. The number of hydrogen-bond acceptors (Lipinski definition) is 4. The first-order chi connectivity index (χ1) is 16.0. The van der Waals surface area contributed by atoms with E-state index in [0.717, 1.165) is 50.2 Å². The summed E-state index contributed by atoms with van der Waals surface area (Å²) in [6.07, 6.45) is 3.97. The zero-order chi connectivity index (χ0) is 23.6. The molecule has 7 nitrogen and oxygen atoms in total. The number of anilines is 3. The standard InChI is InChI=1S/C24H30F2N4O3/c1-2-33-14-6-11-27-23(31)19-16-18(8-10-22(19)30-12-4-3-5-13-30)28-24(32)29-21-9-7-17(25)15-20(21)26/h7-10,15-16H,2-6,11-14H2,1H3,(H,27,31)(H2,28,29,32). The number of carbonyl (C=O) groups is 2. The van der Waals surface area contributed by atoms with Crippen LogP contribution in [-0.4, -0.2) is 44.8 Å². The molecule has 0 bridgehead atoms. The summed E-state index contributed by atoms with van der Waals surface area (Å²) in [5, 5.41) is 7.87. The Bertz CT molecular complexity index is 965. The molecule has 0 aliphatic carbocycles. The Labute approximate surface area is 192 Å². The zero-order valence-electron chi connectivity index (χ0n) is 18.8. The van der Waals surface area contributed by atoms with E-state index in [2.05, 4.69) is 20.9 Å². The van der Waals surface area contributed by atoms with E-state index in [1.54, 1.807) is 12.1 Å². The molecule has 1 heterocycles. The molecule has 33 heavy (non-hydrogen) atoms. The first-order valence-electron chi connectivity index (χ1n) is 11.3. The lowest BCUT2D eigenvalue weighted by atomic mass is 10.1. The Balaban J connectivity index is 1.72. The second kappa shape index (κ2) is 12.2. The highest BCUT2D eigenvalue weighted by Gasteiger charge is 2.20. The van der Waals surface area contributed by atoms with Crippen molar-refractivity contribution in [3.8, 4) is 0 Å². The lowest BCUT2D eigenvalue weighted by molar-refractivity contribution is 0.0944. The Kier molecular flexibility index (Phi) is 9.00. The van der Waals surface area contributed by atoms with Crippen molar-refractivity contribution < 1.29 is 23.1 Å². The molecule has 3 rings (SSSR count). The van der Waals surface area contributed by atoms with Gasteiger partial charge in [-0.15, -0.1) is 0 Å². The molecule has 178 valence electrons. The highest BCUT2D eigenvalue weighted by atomic mass is 19.1. The van der Waals surface area contributed by atoms with Gasteiger partial charge in [-0.3, -0.25) is 4.79 Å². The predicted molar refractivity (Wildman–Crippen MR) is 125 cm³/mol. The SMILES string of the molecule is CCOCCCNC(=O)c1cc(NC(=O)Nc2ccc(F)cc2F)ccc1N1CCCCC1. The molecule has 3 N–H and O–H groups in total. The summed E-state index contributed by atoms with van der Waals surface area (Å²) in [5.41, 5.74) is 1.51. The molecule has 3 amide bonds. The predicted octanol–water partition coefficient (Wildman–Crippen LogP) is 4.76. The summed E-state index contributed by atoms with van der Waals surface area (Å²) in [7, 11) is 0. The van der Waals surface area contributed by atoms with E-state index >= 15 is 0 Å². The van der Waals surface area contributed by atoms with Gasteiger partial charge in [0.15, 0.2) is 0 Å². The minimum Gasteiger partial charge on any atom is -0.382 e. The molecule has 0 radical (unpaired) electrons. The summed E-state index contributed by atoms with van der Waals surface area (Å²) in [6.45, 7) is 5.31. The largest absolute Gasteiger partial charge is 0.382 e. The van der Waals surface area contributed by atoms with Crippen molar-refractivity contribution in [3.63, 3.8) is 0 Å². The van der Waals surface area contributed by atoms with Gasteiger partial charge in [-0.25, -0.2) is 13.6 Å². The molecule has 0 spiro atoms. The van der Waals surface area contributed by atoms with Crippen LogP contribution in [0.2, 0.25) is 0 Å². The summed E-state index contributed by atoms with van der Waals surface area (Å²) < 4.78 is 32.2. The Morgan fingerprint density at radius 3 is 2.55 bits per heavy atom. The van der Waals surface area contributed by atoms with E-state index in [1.165, 1.54) is 0 Å². The van der Waals surface area contributed by atoms with Crippen LogP contribution >= 0.6 is 0 Å². The first-order valence-corrected chi connectivity index (χ1v) is 11.3. The third kappa shape index (κ3) is 7.15. The molecule has 1 aliphatic rings. The summed E-state index contributed by atoms with van der Waals surface area (Å²) >= 11 is 0. The molecule has 9 heteroatoms. The quantitative estimate of drug-likeness (QED) is 0.472. The number of urea groups is 1. The fourth-order valence-electron chi connectivity index (χ4n) is 3.70. The Morgan fingerprint density at radius 2 is 1.82 bits per heavy atom. The summed E-state index contributed by atoms with van der Waals surface area (Å²) in [4.78, 5) is 27.5. The van der Waals surface area contributed by atoms with E-state index in [9.17, 15) is 18.4 Å².